The van der Waals surface area contributed by atoms with E-state index in [1.165, 1.54) is 30.6 Å². The molecule has 1 aliphatic rings. The van der Waals surface area contributed by atoms with Crippen LogP contribution in [0.3, 0.4) is 0 Å². The van der Waals surface area contributed by atoms with Crippen LogP contribution in [-0.2, 0) is 0 Å². The van der Waals surface area contributed by atoms with Gasteiger partial charge in [0, 0.05) is 45.0 Å². The summed E-state index contributed by atoms with van der Waals surface area (Å²) in [6.07, 6.45) is 4.62. The zero-order valence-electron chi connectivity index (χ0n) is 16.0. The van der Waals surface area contributed by atoms with Crippen LogP contribution in [0.4, 0.5) is 5.69 Å². The number of aliphatic imine (C=N–C) groups is 1. The number of benzene rings is 1. The Morgan fingerprint density at radius 1 is 1.16 bits per heavy atom. The van der Waals surface area contributed by atoms with E-state index in [4.69, 9.17) is 5.73 Å². The van der Waals surface area contributed by atoms with E-state index in [9.17, 15) is 0 Å². The first-order chi connectivity index (χ1) is 12.2. The van der Waals surface area contributed by atoms with Gasteiger partial charge in [-0.3, -0.25) is 9.89 Å². The van der Waals surface area contributed by atoms with Crippen LogP contribution in [0.1, 0.15) is 38.2 Å². The maximum absolute atomic E-state index is 5.84. The molecule has 3 N–H and O–H groups in total. The molecule has 5 heteroatoms. The van der Waals surface area contributed by atoms with E-state index in [-0.39, 0.29) is 0 Å². The lowest BCUT2D eigenvalue weighted by Crippen LogP contribution is -2.46. The molecule has 0 radical (unpaired) electrons. The Bertz CT molecular complexity index is 521. The second-order valence-corrected chi connectivity index (χ2v) is 6.92. The van der Waals surface area contributed by atoms with Crippen LogP contribution in [0.2, 0.25) is 0 Å². The molecular formula is C20H35N5. The fourth-order valence-electron chi connectivity index (χ4n) is 3.15. The highest BCUT2D eigenvalue weighted by atomic mass is 15.3. The van der Waals surface area contributed by atoms with E-state index in [0.29, 0.717) is 5.96 Å². The second-order valence-electron chi connectivity index (χ2n) is 6.92. The van der Waals surface area contributed by atoms with E-state index in [0.717, 1.165) is 52.1 Å². The van der Waals surface area contributed by atoms with Gasteiger partial charge in [-0.15, -0.1) is 0 Å². The summed E-state index contributed by atoms with van der Waals surface area (Å²) in [5.74, 6) is 0.597. The molecule has 2 rings (SSSR count). The summed E-state index contributed by atoms with van der Waals surface area (Å²) in [4.78, 5) is 9.46. The largest absolute Gasteiger partial charge is 0.370 e. The van der Waals surface area contributed by atoms with Crippen LogP contribution >= 0.6 is 0 Å². The van der Waals surface area contributed by atoms with Gasteiger partial charge in [0.2, 0.25) is 0 Å². The second kappa shape index (κ2) is 11.0. The fourth-order valence-corrected chi connectivity index (χ4v) is 3.15. The monoisotopic (exact) mass is 345 g/mol. The van der Waals surface area contributed by atoms with Crippen molar-refractivity contribution in [1.82, 2.24) is 10.2 Å². The third-order valence-corrected chi connectivity index (χ3v) is 4.74. The summed E-state index contributed by atoms with van der Waals surface area (Å²) in [5, 5.41) is 3.16. The first kappa shape index (κ1) is 19.6. The average molecular weight is 346 g/mol. The van der Waals surface area contributed by atoms with Crippen LogP contribution in [0.25, 0.3) is 0 Å². The van der Waals surface area contributed by atoms with Gasteiger partial charge in [-0.25, -0.2) is 0 Å². The van der Waals surface area contributed by atoms with Crippen LogP contribution in [0.5, 0.6) is 0 Å². The molecule has 25 heavy (non-hydrogen) atoms. The first-order valence-corrected chi connectivity index (χ1v) is 9.77. The number of nitrogens with two attached hydrogens (primary N) is 1. The van der Waals surface area contributed by atoms with Crippen molar-refractivity contribution in [3.63, 3.8) is 0 Å². The summed E-state index contributed by atoms with van der Waals surface area (Å²) in [5.41, 5.74) is 8.54. The molecule has 0 aromatic heterocycles. The fraction of sp³-hybridized carbons (Fsp3) is 0.650. The molecule has 0 aliphatic carbocycles. The van der Waals surface area contributed by atoms with Crippen LogP contribution in [-0.4, -0.2) is 56.7 Å². The lowest BCUT2D eigenvalue weighted by Gasteiger charge is -2.36. The lowest BCUT2D eigenvalue weighted by molar-refractivity contribution is 0.253. The number of anilines is 1. The number of hydrogen-bond donors (Lipinski definition) is 2. The van der Waals surface area contributed by atoms with Crippen molar-refractivity contribution < 1.29 is 0 Å². The highest BCUT2D eigenvalue weighted by Crippen LogP contribution is 2.17. The maximum Gasteiger partial charge on any atom is 0.188 e. The number of hydrogen-bond acceptors (Lipinski definition) is 3. The maximum atomic E-state index is 5.84. The third kappa shape index (κ3) is 7.34. The van der Waals surface area contributed by atoms with Crippen LogP contribution in [0, 0.1) is 6.92 Å². The Morgan fingerprint density at radius 2 is 1.96 bits per heavy atom. The van der Waals surface area contributed by atoms with Crippen molar-refractivity contribution in [2.75, 3.05) is 50.7 Å². The molecule has 0 spiro atoms. The van der Waals surface area contributed by atoms with E-state index in [1.807, 2.05) is 0 Å². The predicted molar refractivity (Wildman–Crippen MR) is 108 cm³/mol. The zero-order chi connectivity index (χ0) is 17.9. The normalized spacial score (nSPS) is 16.2. The van der Waals surface area contributed by atoms with Gasteiger partial charge in [-0.2, -0.15) is 0 Å². The number of unbranched alkanes of at least 4 members (excludes halogenated alkanes) is 2. The molecule has 1 aromatic carbocycles. The number of nitrogens with zero attached hydrogens (tertiary/aromatic N) is 3. The summed E-state index contributed by atoms with van der Waals surface area (Å²) in [6, 6.07) is 8.82. The Hall–Kier alpha value is -1.75. The highest BCUT2D eigenvalue weighted by molar-refractivity contribution is 5.77. The smallest absolute Gasteiger partial charge is 0.188 e. The van der Waals surface area contributed by atoms with E-state index in [1.54, 1.807) is 0 Å². The van der Waals surface area contributed by atoms with Gasteiger partial charge in [0.25, 0.3) is 0 Å². The molecule has 1 aromatic rings. The van der Waals surface area contributed by atoms with Gasteiger partial charge < -0.3 is 16.0 Å². The minimum absolute atomic E-state index is 0.597. The minimum Gasteiger partial charge on any atom is -0.370 e. The van der Waals surface area contributed by atoms with Crippen molar-refractivity contribution in [3.05, 3.63) is 29.8 Å². The van der Waals surface area contributed by atoms with Crippen molar-refractivity contribution in [3.8, 4) is 0 Å². The molecule has 140 valence electrons. The SMILES string of the molecule is CCCCNC(N)=NCCCCN1CCN(c2cccc(C)c2)CC1. The summed E-state index contributed by atoms with van der Waals surface area (Å²) in [7, 11) is 0. The molecule has 0 atom stereocenters. The molecular weight excluding hydrogens is 310 g/mol. The van der Waals surface area contributed by atoms with E-state index in [2.05, 4.69) is 58.2 Å². The van der Waals surface area contributed by atoms with Crippen molar-refractivity contribution in [2.24, 2.45) is 10.7 Å². The van der Waals surface area contributed by atoms with Crippen molar-refractivity contribution in [2.45, 2.75) is 39.5 Å². The molecule has 1 aliphatic heterocycles. The van der Waals surface area contributed by atoms with E-state index >= 15 is 0 Å². The van der Waals surface area contributed by atoms with Crippen molar-refractivity contribution in [1.29, 1.82) is 0 Å². The standard InChI is InChI=1S/C20H35N5/c1-3-4-10-22-20(21)23-11-5-6-12-24-13-15-25(16-14-24)19-9-7-8-18(2)17-19/h7-9,17H,3-6,10-16H2,1-2H3,(H3,21,22,23). The predicted octanol–water partition coefficient (Wildman–Crippen LogP) is 2.60. The van der Waals surface area contributed by atoms with Gasteiger partial charge in [-0.1, -0.05) is 25.5 Å². The lowest BCUT2D eigenvalue weighted by atomic mass is 10.2. The van der Waals surface area contributed by atoms with Crippen LogP contribution < -0.4 is 16.0 Å². The first-order valence-electron chi connectivity index (χ1n) is 9.77. The van der Waals surface area contributed by atoms with Gasteiger partial charge in [-0.05, 0) is 50.4 Å². The Labute approximate surface area is 153 Å². The Morgan fingerprint density at radius 3 is 2.68 bits per heavy atom. The quantitative estimate of drug-likeness (QED) is 0.410. The summed E-state index contributed by atoms with van der Waals surface area (Å²) in [6.45, 7) is 11.8. The molecule has 1 heterocycles. The van der Waals surface area contributed by atoms with Crippen LogP contribution in [0.15, 0.2) is 29.3 Å². The average Bonchev–Trinajstić information content (AvgIpc) is 2.62. The molecule has 0 unspecified atom stereocenters. The number of rotatable bonds is 9. The number of guanidine groups is 1. The number of nitrogens with one attached hydrogen (secondary N) is 1. The minimum atomic E-state index is 0.597. The van der Waals surface area contributed by atoms with Gasteiger partial charge in [0.05, 0.1) is 0 Å². The number of piperazine rings is 1. The van der Waals surface area contributed by atoms with Gasteiger partial charge >= 0.3 is 0 Å². The van der Waals surface area contributed by atoms with Crippen molar-refractivity contribution >= 4 is 11.6 Å². The molecule has 0 bridgehead atoms. The summed E-state index contributed by atoms with van der Waals surface area (Å²) < 4.78 is 0. The Kier molecular flexibility index (Phi) is 8.60. The molecule has 1 saturated heterocycles. The molecule has 1 fully saturated rings. The number of aryl methyl sites for hydroxylation is 1. The topological polar surface area (TPSA) is 56.9 Å². The highest BCUT2D eigenvalue weighted by Gasteiger charge is 2.16. The Balaban J connectivity index is 1.57. The molecule has 5 nitrogen and oxygen atoms in total. The van der Waals surface area contributed by atoms with E-state index < -0.39 is 0 Å². The molecule has 0 amide bonds. The summed E-state index contributed by atoms with van der Waals surface area (Å²) >= 11 is 0. The third-order valence-electron chi connectivity index (χ3n) is 4.74. The molecule has 0 saturated carbocycles. The van der Waals surface area contributed by atoms with Gasteiger partial charge in [0.15, 0.2) is 5.96 Å². The van der Waals surface area contributed by atoms with Gasteiger partial charge in [0.1, 0.15) is 0 Å². The zero-order valence-corrected chi connectivity index (χ0v) is 16.0.